The number of nitrogens with one attached hydrogen (secondary N) is 1. The van der Waals surface area contributed by atoms with Crippen molar-refractivity contribution in [3.05, 3.63) is 54.5 Å². The summed E-state index contributed by atoms with van der Waals surface area (Å²) in [6.07, 6.45) is 3.04. The van der Waals surface area contributed by atoms with E-state index in [1.165, 1.54) is 12.5 Å². The van der Waals surface area contributed by atoms with Gasteiger partial charge in [0.2, 0.25) is 5.91 Å². The standard InChI is InChI=1S/C20H26N2O5/c1-2-25-14-15-26-13-11-22(20(24)17-9-12-27-16-17)10-8-19(23)21-18-6-4-3-5-7-18/h3-7,9,12,16H,2,8,10-11,13-15H2,1H3,(H,21,23). The lowest BCUT2D eigenvalue weighted by Gasteiger charge is -2.22. The fourth-order valence-electron chi connectivity index (χ4n) is 2.40. The number of furan rings is 1. The number of hydrogen-bond donors (Lipinski definition) is 1. The molecule has 0 atom stereocenters. The van der Waals surface area contributed by atoms with Gasteiger partial charge in [-0.15, -0.1) is 0 Å². The number of amides is 2. The third-order valence-corrected chi connectivity index (χ3v) is 3.80. The Hall–Kier alpha value is -2.64. The molecule has 0 unspecified atom stereocenters. The average Bonchev–Trinajstić information content (AvgIpc) is 3.22. The van der Waals surface area contributed by atoms with Crippen LogP contribution in [-0.4, -0.2) is 56.2 Å². The lowest BCUT2D eigenvalue weighted by atomic mass is 10.2. The molecule has 0 aliphatic rings. The Labute approximate surface area is 159 Å². The third kappa shape index (κ3) is 7.64. The second kappa shape index (κ2) is 11.9. The Morgan fingerprint density at radius 2 is 1.81 bits per heavy atom. The van der Waals surface area contributed by atoms with E-state index in [-0.39, 0.29) is 24.8 Å². The highest BCUT2D eigenvalue weighted by molar-refractivity contribution is 5.95. The van der Waals surface area contributed by atoms with Crippen molar-refractivity contribution >= 4 is 17.5 Å². The van der Waals surface area contributed by atoms with Crippen molar-refractivity contribution in [2.75, 3.05) is 44.8 Å². The molecule has 0 fully saturated rings. The molecule has 7 heteroatoms. The van der Waals surface area contributed by atoms with Gasteiger partial charge in [-0.1, -0.05) is 18.2 Å². The van der Waals surface area contributed by atoms with Gasteiger partial charge in [0, 0.05) is 31.8 Å². The van der Waals surface area contributed by atoms with E-state index in [9.17, 15) is 9.59 Å². The van der Waals surface area contributed by atoms with Gasteiger partial charge in [-0.25, -0.2) is 0 Å². The normalized spacial score (nSPS) is 10.6. The number of carbonyl (C=O) groups excluding carboxylic acids is 2. The van der Waals surface area contributed by atoms with E-state index in [1.54, 1.807) is 11.0 Å². The van der Waals surface area contributed by atoms with Crippen LogP contribution in [-0.2, 0) is 14.3 Å². The van der Waals surface area contributed by atoms with Gasteiger partial charge in [-0.3, -0.25) is 9.59 Å². The molecule has 1 N–H and O–H groups in total. The van der Waals surface area contributed by atoms with Crippen LogP contribution in [0.2, 0.25) is 0 Å². The lowest BCUT2D eigenvalue weighted by molar-refractivity contribution is -0.116. The summed E-state index contributed by atoms with van der Waals surface area (Å²) in [5.41, 5.74) is 1.18. The highest BCUT2D eigenvalue weighted by Gasteiger charge is 2.18. The predicted molar refractivity (Wildman–Crippen MR) is 102 cm³/mol. The van der Waals surface area contributed by atoms with Crippen LogP contribution in [0.5, 0.6) is 0 Å². The minimum atomic E-state index is -0.190. The predicted octanol–water partition coefficient (Wildman–Crippen LogP) is 2.80. The molecule has 2 aromatic rings. The fraction of sp³-hybridized carbons (Fsp3) is 0.400. The quantitative estimate of drug-likeness (QED) is 0.578. The minimum Gasteiger partial charge on any atom is -0.472 e. The van der Waals surface area contributed by atoms with E-state index in [0.717, 1.165) is 5.69 Å². The molecular formula is C20H26N2O5. The minimum absolute atomic E-state index is 0.150. The number of benzene rings is 1. The summed E-state index contributed by atoms with van der Waals surface area (Å²) in [5, 5.41) is 2.82. The molecule has 0 spiro atoms. The number of para-hydroxylation sites is 1. The Kier molecular flexibility index (Phi) is 9.09. The summed E-state index contributed by atoms with van der Waals surface area (Å²) in [7, 11) is 0. The van der Waals surface area contributed by atoms with Crippen LogP contribution in [0, 0.1) is 0 Å². The molecule has 0 bridgehead atoms. The van der Waals surface area contributed by atoms with Crippen LogP contribution in [0.1, 0.15) is 23.7 Å². The van der Waals surface area contributed by atoms with Gasteiger partial charge in [0.15, 0.2) is 0 Å². The summed E-state index contributed by atoms with van der Waals surface area (Å²) in [5.74, 6) is -0.340. The first-order valence-corrected chi connectivity index (χ1v) is 9.02. The second-order valence-electron chi connectivity index (χ2n) is 5.78. The van der Waals surface area contributed by atoms with Crippen LogP contribution in [0.15, 0.2) is 53.3 Å². The zero-order chi connectivity index (χ0) is 19.3. The van der Waals surface area contributed by atoms with Gasteiger partial charge in [0.1, 0.15) is 6.26 Å². The molecule has 1 aromatic carbocycles. The SMILES string of the molecule is CCOCCOCCN(CCC(=O)Nc1ccccc1)C(=O)c1ccoc1. The molecule has 27 heavy (non-hydrogen) atoms. The Bertz CT molecular complexity index is 673. The van der Waals surface area contributed by atoms with Gasteiger partial charge in [-0.2, -0.15) is 0 Å². The van der Waals surface area contributed by atoms with Crippen LogP contribution in [0.3, 0.4) is 0 Å². The van der Waals surface area contributed by atoms with Crippen molar-refractivity contribution in [1.29, 1.82) is 0 Å². The molecular weight excluding hydrogens is 348 g/mol. The van der Waals surface area contributed by atoms with Crippen molar-refractivity contribution in [3.63, 3.8) is 0 Å². The van der Waals surface area contributed by atoms with Crippen molar-refractivity contribution < 1.29 is 23.5 Å². The first-order chi connectivity index (χ1) is 13.2. The number of nitrogens with zero attached hydrogens (tertiary/aromatic N) is 1. The van der Waals surface area contributed by atoms with E-state index >= 15 is 0 Å². The molecule has 2 amide bonds. The number of anilines is 1. The van der Waals surface area contributed by atoms with E-state index in [4.69, 9.17) is 13.9 Å². The van der Waals surface area contributed by atoms with E-state index < -0.39 is 0 Å². The van der Waals surface area contributed by atoms with Gasteiger partial charge in [-0.05, 0) is 25.1 Å². The van der Waals surface area contributed by atoms with Gasteiger partial charge in [0.05, 0.1) is 31.6 Å². The molecule has 0 aliphatic carbocycles. The molecule has 7 nitrogen and oxygen atoms in total. The number of rotatable bonds is 12. The van der Waals surface area contributed by atoms with Crippen LogP contribution in [0.4, 0.5) is 5.69 Å². The maximum absolute atomic E-state index is 12.6. The van der Waals surface area contributed by atoms with Crippen LogP contribution < -0.4 is 5.32 Å². The molecule has 146 valence electrons. The molecule has 1 aromatic heterocycles. The highest BCUT2D eigenvalue weighted by Crippen LogP contribution is 2.09. The van der Waals surface area contributed by atoms with Gasteiger partial charge in [0.25, 0.3) is 5.91 Å². The molecule has 0 aliphatic heterocycles. The van der Waals surface area contributed by atoms with E-state index in [1.807, 2.05) is 37.3 Å². The summed E-state index contributed by atoms with van der Waals surface area (Å²) < 4.78 is 15.7. The monoisotopic (exact) mass is 374 g/mol. The summed E-state index contributed by atoms with van der Waals surface area (Å²) in [4.78, 5) is 26.3. The number of ether oxygens (including phenoxy) is 2. The fourth-order valence-corrected chi connectivity index (χ4v) is 2.40. The lowest BCUT2D eigenvalue weighted by Crippen LogP contribution is -2.36. The summed E-state index contributed by atoms with van der Waals surface area (Å²) in [6, 6.07) is 10.8. The van der Waals surface area contributed by atoms with Crippen LogP contribution in [0.25, 0.3) is 0 Å². The van der Waals surface area contributed by atoms with Crippen LogP contribution >= 0.6 is 0 Å². The zero-order valence-corrected chi connectivity index (χ0v) is 15.6. The third-order valence-electron chi connectivity index (χ3n) is 3.80. The van der Waals surface area contributed by atoms with E-state index in [2.05, 4.69) is 5.32 Å². The van der Waals surface area contributed by atoms with Crippen molar-refractivity contribution in [2.45, 2.75) is 13.3 Å². The zero-order valence-electron chi connectivity index (χ0n) is 15.6. The highest BCUT2D eigenvalue weighted by atomic mass is 16.5. The average molecular weight is 374 g/mol. The molecule has 0 saturated heterocycles. The summed E-state index contributed by atoms with van der Waals surface area (Å²) in [6.45, 7) is 4.60. The first-order valence-electron chi connectivity index (χ1n) is 9.02. The maximum atomic E-state index is 12.6. The molecule has 0 radical (unpaired) electrons. The number of hydrogen-bond acceptors (Lipinski definition) is 5. The Morgan fingerprint density at radius 3 is 2.52 bits per heavy atom. The van der Waals surface area contributed by atoms with Gasteiger partial charge < -0.3 is 24.1 Å². The first kappa shape index (κ1) is 20.7. The smallest absolute Gasteiger partial charge is 0.257 e. The largest absolute Gasteiger partial charge is 0.472 e. The van der Waals surface area contributed by atoms with Crippen molar-refractivity contribution in [2.24, 2.45) is 0 Å². The van der Waals surface area contributed by atoms with Crippen molar-refractivity contribution in [1.82, 2.24) is 4.90 Å². The second-order valence-corrected chi connectivity index (χ2v) is 5.78. The van der Waals surface area contributed by atoms with Gasteiger partial charge >= 0.3 is 0 Å². The molecule has 1 heterocycles. The number of carbonyl (C=O) groups is 2. The maximum Gasteiger partial charge on any atom is 0.257 e. The molecule has 0 saturated carbocycles. The molecule has 2 rings (SSSR count). The summed E-state index contributed by atoms with van der Waals surface area (Å²) >= 11 is 0. The Balaban J connectivity index is 1.83. The van der Waals surface area contributed by atoms with E-state index in [0.29, 0.717) is 38.5 Å². The van der Waals surface area contributed by atoms with Crippen molar-refractivity contribution in [3.8, 4) is 0 Å². The topological polar surface area (TPSA) is 81.0 Å². The Morgan fingerprint density at radius 1 is 1.04 bits per heavy atom.